The molecule has 25 heavy (non-hydrogen) atoms. The molecule has 1 spiro atoms. The highest BCUT2D eigenvalue weighted by molar-refractivity contribution is 7.89. The Morgan fingerprint density at radius 2 is 1.88 bits per heavy atom. The highest BCUT2D eigenvalue weighted by Crippen LogP contribution is 2.42. The van der Waals surface area contributed by atoms with Crippen LogP contribution in [0.2, 0.25) is 0 Å². The molecule has 0 bridgehead atoms. The van der Waals surface area contributed by atoms with E-state index in [2.05, 4.69) is 0 Å². The molecule has 1 aromatic rings. The third-order valence-corrected chi connectivity index (χ3v) is 7.49. The first kappa shape index (κ1) is 16.5. The Morgan fingerprint density at radius 1 is 1.16 bits per heavy atom. The van der Waals surface area contributed by atoms with Crippen molar-refractivity contribution in [2.24, 2.45) is 0 Å². The Balaban J connectivity index is 1.76. The fourth-order valence-electron chi connectivity index (χ4n) is 4.17. The molecule has 2 aliphatic heterocycles. The molecule has 0 radical (unpaired) electrons. The first-order valence-electron chi connectivity index (χ1n) is 8.46. The lowest BCUT2D eigenvalue weighted by molar-refractivity contribution is -0.162. The number of cyclic esters (lactones) is 1. The van der Waals surface area contributed by atoms with Crippen LogP contribution in [-0.4, -0.2) is 50.3 Å². The number of benzene rings is 1. The molecule has 8 heteroatoms. The van der Waals surface area contributed by atoms with Crippen LogP contribution >= 0.6 is 0 Å². The number of carbonyl (C=O) groups excluding carboxylic acids is 2. The summed E-state index contributed by atoms with van der Waals surface area (Å²) in [6, 6.07) is 4.75. The first-order chi connectivity index (χ1) is 11.9. The van der Waals surface area contributed by atoms with Gasteiger partial charge in [-0.25, -0.2) is 8.42 Å². The summed E-state index contributed by atoms with van der Waals surface area (Å²) in [4.78, 5) is 25.9. The van der Waals surface area contributed by atoms with E-state index in [0.29, 0.717) is 18.4 Å². The van der Waals surface area contributed by atoms with E-state index in [0.717, 1.165) is 18.5 Å². The summed E-state index contributed by atoms with van der Waals surface area (Å²) in [7, 11) is -2.16. The molecule has 0 atom stereocenters. The summed E-state index contributed by atoms with van der Waals surface area (Å²) in [6.07, 6.45) is 2.81. The van der Waals surface area contributed by atoms with E-state index < -0.39 is 21.5 Å². The molecule has 3 aliphatic rings. The zero-order valence-electron chi connectivity index (χ0n) is 14.0. The molecule has 4 rings (SSSR count). The predicted molar refractivity (Wildman–Crippen MR) is 89.6 cm³/mol. The summed E-state index contributed by atoms with van der Waals surface area (Å²) < 4.78 is 33.1. The topological polar surface area (TPSA) is 84.0 Å². The van der Waals surface area contributed by atoms with Gasteiger partial charge in [-0.3, -0.25) is 9.59 Å². The van der Waals surface area contributed by atoms with Gasteiger partial charge in [0, 0.05) is 19.3 Å². The van der Waals surface area contributed by atoms with Gasteiger partial charge < -0.3 is 9.64 Å². The lowest BCUT2D eigenvalue weighted by atomic mass is 9.97. The predicted octanol–water partition coefficient (Wildman–Crippen LogP) is 1.07. The number of anilines is 1. The van der Waals surface area contributed by atoms with Crippen molar-refractivity contribution in [1.82, 2.24) is 4.31 Å². The van der Waals surface area contributed by atoms with E-state index >= 15 is 0 Å². The van der Waals surface area contributed by atoms with Crippen LogP contribution in [0.25, 0.3) is 0 Å². The van der Waals surface area contributed by atoms with Gasteiger partial charge in [-0.2, -0.15) is 4.31 Å². The largest absolute Gasteiger partial charge is 0.463 e. The van der Waals surface area contributed by atoms with E-state index in [9.17, 15) is 18.0 Å². The Hall–Kier alpha value is -1.93. The van der Waals surface area contributed by atoms with Crippen molar-refractivity contribution in [3.63, 3.8) is 0 Å². The quantitative estimate of drug-likeness (QED) is 0.733. The van der Waals surface area contributed by atoms with E-state index in [1.807, 2.05) is 0 Å². The van der Waals surface area contributed by atoms with Crippen LogP contribution in [0.15, 0.2) is 23.1 Å². The lowest BCUT2D eigenvalue weighted by Crippen LogP contribution is -2.60. The number of amides is 1. The monoisotopic (exact) mass is 364 g/mol. The van der Waals surface area contributed by atoms with Crippen LogP contribution in [-0.2, 0) is 30.8 Å². The summed E-state index contributed by atoms with van der Waals surface area (Å²) in [6.45, 7) is 0.246. The molecule has 1 amide bonds. The standard InChI is InChI=1S/C17H20N2O5S/c1-18-14-5-4-13(10-12(14)11-15(18)20)25(22,23)19-8-9-24-16(21)17(19)6-2-3-7-17/h4-5,10H,2-3,6-9,11H2,1H3. The van der Waals surface area contributed by atoms with Crippen molar-refractivity contribution >= 4 is 27.6 Å². The van der Waals surface area contributed by atoms with Crippen LogP contribution in [0, 0.1) is 0 Å². The van der Waals surface area contributed by atoms with Crippen molar-refractivity contribution in [2.75, 3.05) is 25.1 Å². The molecule has 1 aromatic carbocycles. The van der Waals surface area contributed by atoms with E-state index in [1.165, 1.54) is 15.3 Å². The van der Waals surface area contributed by atoms with Crippen LogP contribution in [0.5, 0.6) is 0 Å². The minimum absolute atomic E-state index is 0.0571. The van der Waals surface area contributed by atoms with Gasteiger partial charge >= 0.3 is 5.97 Å². The van der Waals surface area contributed by atoms with E-state index in [4.69, 9.17) is 4.74 Å². The fraction of sp³-hybridized carbons (Fsp3) is 0.529. The fourth-order valence-corrected chi connectivity index (χ4v) is 5.99. The van der Waals surface area contributed by atoms with Gasteiger partial charge in [-0.1, -0.05) is 12.8 Å². The highest BCUT2D eigenvalue weighted by Gasteiger charge is 2.54. The average molecular weight is 364 g/mol. The van der Waals surface area contributed by atoms with Crippen LogP contribution < -0.4 is 4.90 Å². The third-order valence-electron chi connectivity index (χ3n) is 5.53. The van der Waals surface area contributed by atoms with Gasteiger partial charge in [0.2, 0.25) is 15.9 Å². The third kappa shape index (κ3) is 2.31. The van der Waals surface area contributed by atoms with Crippen molar-refractivity contribution in [1.29, 1.82) is 0 Å². The maximum absolute atomic E-state index is 13.3. The Labute approximate surface area is 146 Å². The molecule has 134 valence electrons. The number of morpholine rings is 1. The number of ether oxygens (including phenoxy) is 1. The van der Waals surface area contributed by atoms with Gasteiger partial charge in [0.25, 0.3) is 0 Å². The van der Waals surface area contributed by atoms with E-state index in [-0.39, 0.29) is 30.4 Å². The second-order valence-electron chi connectivity index (χ2n) is 6.87. The number of hydrogen-bond donors (Lipinski definition) is 0. The number of fused-ring (bicyclic) bond motifs is 1. The zero-order chi connectivity index (χ0) is 17.8. The number of hydrogen-bond acceptors (Lipinski definition) is 5. The maximum atomic E-state index is 13.3. The molecule has 1 saturated heterocycles. The number of nitrogens with zero attached hydrogens (tertiary/aromatic N) is 2. The van der Waals surface area contributed by atoms with Gasteiger partial charge in [0.1, 0.15) is 12.1 Å². The number of esters is 1. The molecule has 0 N–H and O–H groups in total. The number of rotatable bonds is 2. The Bertz CT molecular complexity index is 858. The zero-order valence-corrected chi connectivity index (χ0v) is 14.8. The van der Waals surface area contributed by atoms with Crippen LogP contribution in [0.4, 0.5) is 5.69 Å². The second-order valence-corrected chi connectivity index (χ2v) is 8.73. The van der Waals surface area contributed by atoms with Gasteiger partial charge in [0.15, 0.2) is 0 Å². The van der Waals surface area contributed by atoms with Crippen molar-refractivity contribution in [3.8, 4) is 0 Å². The van der Waals surface area contributed by atoms with Crippen LogP contribution in [0.1, 0.15) is 31.2 Å². The maximum Gasteiger partial charge on any atom is 0.327 e. The number of sulfonamides is 1. The minimum Gasteiger partial charge on any atom is -0.463 e. The summed E-state index contributed by atoms with van der Waals surface area (Å²) >= 11 is 0. The smallest absolute Gasteiger partial charge is 0.327 e. The molecular weight excluding hydrogens is 344 g/mol. The van der Waals surface area contributed by atoms with Gasteiger partial charge in [-0.15, -0.1) is 0 Å². The molecule has 1 aliphatic carbocycles. The van der Waals surface area contributed by atoms with Gasteiger partial charge in [-0.05, 0) is 36.6 Å². The summed E-state index contributed by atoms with van der Waals surface area (Å²) in [5.41, 5.74) is 0.370. The molecule has 0 unspecified atom stereocenters. The van der Waals surface area contributed by atoms with Crippen molar-refractivity contribution in [2.45, 2.75) is 42.5 Å². The summed E-state index contributed by atoms with van der Waals surface area (Å²) in [5, 5.41) is 0. The SMILES string of the molecule is CN1C(=O)Cc2cc(S(=O)(=O)N3CCOC(=O)C34CCCC4)ccc21. The molecular formula is C17H20N2O5S. The molecule has 1 saturated carbocycles. The van der Waals surface area contributed by atoms with Crippen LogP contribution in [0.3, 0.4) is 0 Å². The van der Waals surface area contributed by atoms with Gasteiger partial charge in [0.05, 0.1) is 11.3 Å². The summed E-state index contributed by atoms with van der Waals surface area (Å²) in [5.74, 6) is -0.491. The molecule has 2 fully saturated rings. The normalized spacial score (nSPS) is 23.2. The molecule has 7 nitrogen and oxygen atoms in total. The highest BCUT2D eigenvalue weighted by atomic mass is 32.2. The minimum atomic E-state index is -3.84. The lowest BCUT2D eigenvalue weighted by Gasteiger charge is -2.41. The number of likely N-dealkylation sites (N-methyl/N-ethyl adjacent to an activating group) is 1. The Kier molecular flexibility index (Phi) is 3.66. The van der Waals surface area contributed by atoms with Crippen molar-refractivity contribution < 1.29 is 22.7 Å². The first-order valence-corrected chi connectivity index (χ1v) is 9.90. The second kappa shape index (κ2) is 5.54. The Morgan fingerprint density at radius 3 is 2.60 bits per heavy atom. The molecule has 0 aromatic heterocycles. The number of carbonyl (C=O) groups is 2. The van der Waals surface area contributed by atoms with E-state index in [1.54, 1.807) is 19.2 Å². The molecule has 2 heterocycles. The average Bonchev–Trinajstić information content (AvgIpc) is 3.16. The van der Waals surface area contributed by atoms with Crippen molar-refractivity contribution in [3.05, 3.63) is 23.8 Å².